The molecule has 0 aliphatic rings. The van der Waals surface area contributed by atoms with E-state index in [1.165, 1.54) is 0 Å². The van der Waals surface area contributed by atoms with Crippen LogP contribution in [-0.2, 0) is 0 Å². The van der Waals surface area contributed by atoms with E-state index in [-0.39, 0.29) is 0 Å². The Kier molecular flexibility index (Phi) is 3.44. The molecule has 1 atom stereocenters. The number of aliphatic hydroxyl groups excluding tert-OH is 1. The van der Waals surface area contributed by atoms with Gasteiger partial charge < -0.3 is 5.11 Å². The fourth-order valence-corrected chi connectivity index (χ4v) is 2.09. The third-order valence-corrected chi connectivity index (χ3v) is 2.95. The Bertz CT molecular complexity index is 467. The minimum atomic E-state index is -0.829. The number of rotatable bonds is 2. The van der Waals surface area contributed by atoms with Gasteiger partial charge in [-0.1, -0.05) is 29.3 Å². The van der Waals surface area contributed by atoms with Gasteiger partial charge in [0.2, 0.25) is 0 Å². The molecule has 0 fully saturated rings. The van der Waals surface area contributed by atoms with E-state index in [0.29, 0.717) is 21.2 Å². The molecule has 0 saturated heterocycles. The SMILES string of the molecule is O[C@@H](c1ccncc1)c1c(Cl)cccc1Cl. The van der Waals surface area contributed by atoms with Crippen molar-refractivity contribution in [1.82, 2.24) is 4.98 Å². The van der Waals surface area contributed by atoms with Crippen LogP contribution in [0, 0.1) is 0 Å². The van der Waals surface area contributed by atoms with Gasteiger partial charge in [0.1, 0.15) is 6.10 Å². The molecule has 82 valence electrons. The van der Waals surface area contributed by atoms with Gasteiger partial charge in [-0.3, -0.25) is 4.98 Å². The molecule has 0 bridgehead atoms. The number of pyridine rings is 1. The number of benzene rings is 1. The van der Waals surface area contributed by atoms with Gasteiger partial charge in [-0.15, -0.1) is 0 Å². The van der Waals surface area contributed by atoms with Crippen molar-refractivity contribution in [3.05, 3.63) is 63.9 Å². The Labute approximate surface area is 103 Å². The third kappa shape index (κ3) is 2.19. The molecule has 0 unspecified atom stereocenters. The van der Waals surface area contributed by atoms with Crippen LogP contribution in [0.5, 0.6) is 0 Å². The van der Waals surface area contributed by atoms with Gasteiger partial charge in [-0.2, -0.15) is 0 Å². The number of hydrogen-bond acceptors (Lipinski definition) is 2. The van der Waals surface area contributed by atoms with Crippen LogP contribution in [0.25, 0.3) is 0 Å². The zero-order chi connectivity index (χ0) is 11.5. The van der Waals surface area contributed by atoms with Gasteiger partial charge in [0.05, 0.1) is 0 Å². The molecule has 0 radical (unpaired) electrons. The molecule has 1 heterocycles. The summed E-state index contributed by atoms with van der Waals surface area (Å²) in [6.07, 6.45) is 2.40. The molecule has 0 aliphatic heterocycles. The smallest absolute Gasteiger partial charge is 0.107 e. The van der Waals surface area contributed by atoms with Crippen LogP contribution in [0.4, 0.5) is 0 Å². The van der Waals surface area contributed by atoms with Crippen LogP contribution in [0.15, 0.2) is 42.7 Å². The Morgan fingerprint density at radius 2 is 1.56 bits per heavy atom. The number of hydrogen-bond donors (Lipinski definition) is 1. The van der Waals surface area contributed by atoms with Crippen LogP contribution in [-0.4, -0.2) is 10.1 Å². The minimum Gasteiger partial charge on any atom is -0.384 e. The van der Waals surface area contributed by atoms with Gasteiger partial charge >= 0.3 is 0 Å². The summed E-state index contributed by atoms with van der Waals surface area (Å²) in [5.74, 6) is 0. The Morgan fingerprint density at radius 3 is 2.12 bits per heavy atom. The lowest BCUT2D eigenvalue weighted by atomic mass is 10.0. The molecule has 2 aromatic rings. The number of nitrogens with zero attached hydrogens (tertiary/aromatic N) is 1. The lowest BCUT2D eigenvalue weighted by molar-refractivity contribution is 0.220. The maximum atomic E-state index is 10.2. The average molecular weight is 254 g/mol. The average Bonchev–Trinajstić information content (AvgIpc) is 2.30. The van der Waals surface area contributed by atoms with Gasteiger partial charge in [-0.05, 0) is 29.8 Å². The summed E-state index contributed by atoms with van der Waals surface area (Å²) in [5, 5.41) is 11.1. The van der Waals surface area contributed by atoms with Crippen molar-refractivity contribution in [1.29, 1.82) is 0 Å². The normalized spacial score (nSPS) is 12.4. The predicted octanol–water partition coefficient (Wildman–Crippen LogP) is 3.47. The van der Waals surface area contributed by atoms with Gasteiger partial charge in [0, 0.05) is 28.0 Å². The van der Waals surface area contributed by atoms with Crippen molar-refractivity contribution in [2.24, 2.45) is 0 Å². The first-order valence-corrected chi connectivity index (χ1v) is 5.47. The van der Waals surface area contributed by atoms with E-state index >= 15 is 0 Å². The molecule has 0 saturated carbocycles. The fourth-order valence-electron chi connectivity index (χ4n) is 1.48. The van der Waals surface area contributed by atoms with E-state index < -0.39 is 6.10 Å². The molecule has 2 nitrogen and oxygen atoms in total. The van der Waals surface area contributed by atoms with Crippen LogP contribution in [0.3, 0.4) is 0 Å². The van der Waals surface area contributed by atoms with Crippen LogP contribution < -0.4 is 0 Å². The first kappa shape index (κ1) is 11.4. The molecule has 4 heteroatoms. The Morgan fingerprint density at radius 1 is 1.00 bits per heavy atom. The van der Waals surface area contributed by atoms with Crippen molar-refractivity contribution >= 4 is 23.2 Å². The minimum absolute atomic E-state index is 0.455. The zero-order valence-corrected chi connectivity index (χ0v) is 9.78. The Hall–Kier alpha value is -1.09. The molecular formula is C12H9Cl2NO. The molecule has 1 aromatic carbocycles. The summed E-state index contributed by atoms with van der Waals surface area (Å²) in [6, 6.07) is 8.60. The molecular weight excluding hydrogens is 245 g/mol. The lowest BCUT2D eigenvalue weighted by Crippen LogP contribution is -2.01. The second kappa shape index (κ2) is 4.83. The quantitative estimate of drug-likeness (QED) is 0.890. The molecule has 16 heavy (non-hydrogen) atoms. The predicted molar refractivity (Wildman–Crippen MR) is 64.8 cm³/mol. The highest BCUT2D eigenvalue weighted by Gasteiger charge is 2.16. The maximum Gasteiger partial charge on any atom is 0.107 e. The molecule has 1 aromatic heterocycles. The van der Waals surface area contributed by atoms with E-state index in [0.717, 1.165) is 0 Å². The highest BCUT2D eigenvalue weighted by Crippen LogP contribution is 2.33. The van der Waals surface area contributed by atoms with Crippen molar-refractivity contribution in [3.63, 3.8) is 0 Å². The van der Waals surface area contributed by atoms with E-state index in [1.54, 1.807) is 42.7 Å². The van der Waals surface area contributed by atoms with Crippen molar-refractivity contribution in [2.75, 3.05) is 0 Å². The first-order chi connectivity index (χ1) is 7.70. The monoisotopic (exact) mass is 253 g/mol. The zero-order valence-electron chi connectivity index (χ0n) is 8.27. The summed E-state index contributed by atoms with van der Waals surface area (Å²) in [7, 11) is 0. The topological polar surface area (TPSA) is 33.1 Å². The van der Waals surface area contributed by atoms with E-state index in [2.05, 4.69) is 4.98 Å². The number of aliphatic hydroxyl groups is 1. The molecule has 1 N–H and O–H groups in total. The molecule has 2 rings (SSSR count). The summed E-state index contributed by atoms with van der Waals surface area (Å²) in [6.45, 7) is 0. The summed E-state index contributed by atoms with van der Waals surface area (Å²) < 4.78 is 0. The number of aromatic nitrogens is 1. The van der Waals surface area contributed by atoms with Crippen LogP contribution in [0.2, 0.25) is 10.0 Å². The van der Waals surface area contributed by atoms with E-state index in [9.17, 15) is 5.11 Å². The maximum absolute atomic E-state index is 10.2. The second-order valence-corrected chi connectivity index (χ2v) is 4.13. The molecule has 0 spiro atoms. The van der Waals surface area contributed by atoms with Crippen LogP contribution >= 0.6 is 23.2 Å². The van der Waals surface area contributed by atoms with Gasteiger partial charge in [0.15, 0.2) is 0 Å². The third-order valence-electron chi connectivity index (χ3n) is 2.29. The largest absolute Gasteiger partial charge is 0.384 e. The van der Waals surface area contributed by atoms with Crippen molar-refractivity contribution in [2.45, 2.75) is 6.10 Å². The van der Waals surface area contributed by atoms with Crippen molar-refractivity contribution in [3.8, 4) is 0 Å². The van der Waals surface area contributed by atoms with Gasteiger partial charge in [0.25, 0.3) is 0 Å². The molecule has 0 amide bonds. The van der Waals surface area contributed by atoms with E-state index in [1.807, 2.05) is 0 Å². The second-order valence-electron chi connectivity index (χ2n) is 3.32. The van der Waals surface area contributed by atoms with Gasteiger partial charge in [-0.25, -0.2) is 0 Å². The van der Waals surface area contributed by atoms with Crippen LogP contribution in [0.1, 0.15) is 17.2 Å². The lowest BCUT2D eigenvalue weighted by Gasteiger charge is -2.14. The van der Waals surface area contributed by atoms with Crippen molar-refractivity contribution < 1.29 is 5.11 Å². The first-order valence-electron chi connectivity index (χ1n) is 4.72. The van der Waals surface area contributed by atoms with E-state index in [4.69, 9.17) is 23.2 Å². The highest BCUT2D eigenvalue weighted by atomic mass is 35.5. The molecule has 0 aliphatic carbocycles. The number of halogens is 2. The summed E-state index contributed by atoms with van der Waals surface area (Å²) in [4.78, 5) is 3.89. The fraction of sp³-hybridized carbons (Fsp3) is 0.0833. The standard InChI is InChI=1S/C12H9Cl2NO/c13-9-2-1-3-10(14)11(9)12(16)8-4-6-15-7-5-8/h1-7,12,16H/t12-/m0/s1. The summed E-state index contributed by atoms with van der Waals surface area (Å²) in [5.41, 5.74) is 1.24. The summed E-state index contributed by atoms with van der Waals surface area (Å²) >= 11 is 12.0. The highest BCUT2D eigenvalue weighted by molar-refractivity contribution is 6.36. The Balaban J connectivity index is 2.46.